The van der Waals surface area contributed by atoms with Gasteiger partial charge in [-0.1, -0.05) is 45.8 Å². The molecular weight excluding hydrogens is 834 g/mol. The number of benzene rings is 4. The Morgan fingerprint density at radius 3 is 1.93 bits per heavy atom. The third-order valence-electron chi connectivity index (χ3n) is 9.80. The van der Waals surface area contributed by atoms with Crippen LogP contribution in [0.3, 0.4) is 0 Å². The van der Waals surface area contributed by atoms with Crippen LogP contribution in [0.2, 0.25) is 0 Å². The van der Waals surface area contributed by atoms with E-state index in [2.05, 4.69) is 69.1 Å². The van der Waals surface area contributed by atoms with Gasteiger partial charge in [0.05, 0.1) is 11.0 Å². The van der Waals surface area contributed by atoms with E-state index in [1.54, 1.807) is 42.5 Å². The maximum absolute atomic E-state index is 12.4. The van der Waals surface area contributed by atoms with E-state index < -0.39 is 15.5 Å². The number of oxazole rings is 1. The minimum Gasteiger partial charge on any atom is -0.506 e. The molecule has 0 aliphatic rings. The zero-order valence-electron chi connectivity index (χ0n) is 35.6. The summed E-state index contributed by atoms with van der Waals surface area (Å²) in [4.78, 5) is 25.0. The molecule has 0 saturated heterocycles. The quantitative estimate of drug-likeness (QED) is 0.0488. The van der Waals surface area contributed by atoms with Gasteiger partial charge in [0.1, 0.15) is 27.5 Å². The summed E-state index contributed by atoms with van der Waals surface area (Å²) in [6, 6.07) is 21.2. The van der Waals surface area contributed by atoms with Crippen LogP contribution in [0.15, 0.2) is 103 Å². The van der Waals surface area contributed by atoms with Crippen molar-refractivity contribution in [1.82, 2.24) is 14.5 Å². The minimum absolute atomic E-state index is 0. The first-order valence-corrected chi connectivity index (χ1v) is 21.0. The van der Waals surface area contributed by atoms with Crippen LogP contribution < -0.4 is 9.80 Å². The monoisotopic (exact) mass is 886 g/mol. The van der Waals surface area contributed by atoms with E-state index in [9.17, 15) is 22.9 Å². The zero-order chi connectivity index (χ0) is 43.2. The van der Waals surface area contributed by atoms with Gasteiger partial charge in [0, 0.05) is 78.7 Å². The van der Waals surface area contributed by atoms with E-state index in [-0.39, 0.29) is 45.2 Å². The van der Waals surface area contributed by atoms with Crippen molar-refractivity contribution >= 4 is 72.7 Å². The number of carbonyl (C=O) groups excluding carboxylic acids is 1. The van der Waals surface area contributed by atoms with E-state index in [1.807, 2.05) is 69.3 Å². The normalized spacial score (nSPS) is 12.0. The van der Waals surface area contributed by atoms with Crippen molar-refractivity contribution in [2.75, 3.05) is 36.0 Å². The van der Waals surface area contributed by atoms with Gasteiger partial charge in [-0.05, 0) is 99.8 Å². The molecule has 15 nitrogen and oxygen atoms in total. The Balaban J connectivity index is 0.000000260. The molecule has 1 radical (unpaired) electrons. The molecule has 0 unspecified atom stereocenters. The van der Waals surface area contributed by atoms with Crippen LogP contribution in [-0.2, 0) is 34.2 Å². The number of phenols is 1. The number of aromatic hydroxyl groups is 1. The SMILES string of the molecule is CCN(CC)c1ccc(N=Nc2nc3ccc(C(=O)C(C)(C)C)cc3o2)c(O)c1.CCN(CC)c1ccc(N=Nc2nc3ccc(C(C)C)cc3n2C)c(S(=O)(=O)O)c1.[Cu]. The van der Waals surface area contributed by atoms with Crippen molar-refractivity contribution in [3.63, 3.8) is 0 Å². The Labute approximate surface area is 361 Å². The molecule has 0 atom stereocenters. The maximum Gasteiger partial charge on any atom is 0.341 e. The number of phenolic OH excluding ortho intramolecular Hbond substituents is 1. The van der Waals surface area contributed by atoms with E-state index >= 15 is 0 Å². The minimum atomic E-state index is -4.47. The van der Waals surface area contributed by atoms with Crippen LogP contribution in [0.5, 0.6) is 5.75 Å². The van der Waals surface area contributed by atoms with Crippen molar-refractivity contribution in [2.45, 2.75) is 73.1 Å². The Hall–Kier alpha value is -5.48. The molecule has 0 aliphatic heterocycles. The smallest absolute Gasteiger partial charge is 0.341 e. The second-order valence-corrected chi connectivity index (χ2v) is 16.6. The van der Waals surface area contributed by atoms with Crippen LogP contribution in [0.4, 0.5) is 34.7 Å². The molecule has 60 heavy (non-hydrogen) atoms. The van der Waals surface area contributed by atoms with E-state index in [4.69, 9.17) is 4.42 Å². The van der Waals surface area contributed by atoms with Gasteiger partial charge >= 0.3 is 6.01 Å². The second kappa shape index (κ2) is 19.7. The number of fused-ring (bicyclic) bond motifs is 2. The molecule has 0 fully saturated rings. The van der Waals surface area contributed by atoms with Crippen molar-refractivity contribution in [3.8, 4) is 5.75 Å². The number of azo groups is 2. The fourth-order valence-electron chi connectivity index (χ4n) is 6.33. The van der Waals surface area contributed by atoms with E-state index in [0.29, 0.717) is 53.0 Å². The van der Waals surface area contributed by atoms with Crippen LogP contribution in [0.1, 0.15) is 84.2 Å². The molecule has 2 aromatic heterocycles. The molecule has 0 bridgehead atoms. The fourth-order valence-corrected chi connectivity index (χ4v) is 6.97. The molecule has 0 aliphatic carbocycles. The largest absolute Gasteiger partial charge is 0.506 e. The molecule has 0 amide bonds. The van der Waals surface area contributed by atoms with E-state index in [0.717, 1.165) is 29.8 Å². The summed E-state index contributed by atoms with van der Waals surface area (Å²) in [7, 11) is -2.63. The van der Waals surface area contributed by atoms with Gasteiger partial charge < -0.3 is 23.9 Å². The number of aromatic nitrogens is 3. The zero-order valence-corrected chi connectivity index (χ0v) is 37.4. The first-order chi connectivity index (χ1) is 27.9. The average Bonchev–Trinajstić information content (AvgIpc) is 3.76. The molecule has 17 heteroatoms. The predicted octanol–water partition coefficient (Wildman–Crippen LogP) is 11.2. The molecule has 2 heterocycles. The Morgan fingerprint density at radius 2 is 1.37 bits per heavy atom. The van der Waals surface area contributed by atoms with Crippen molar-refractivity contribution in [2.24, 2.45) is 32.9 Å². The van der Waals surface area contributed by atoms with Crippen molar-refractivity contribution < 1.29 is 44.4 Å². The Kier molecular flexibility index (Phi) is 15.5. The number of imidazole rings is 1. The number of anilines is 2. The third-order valence-corrected chi connectivity index (χ3v) is 10.7. The summed E-state index contributed by atoms with van der Waals surface area (Å²) in [5, 5.41) is 26.6. The topological polar surface area (TPSA) is 191 Å². The number of hydrogen-bond acceptors (Lipinski definition) is 13. The number of carbonyl (C=O) groups is 1. The summed E-state index contributed by atoms with van der Waals surface area (Å²) in [6.45, 7) is 21.0. The van der Waals surface area contributed by atoms with Crippen LogP contribution >= 0.6 is 0 Å². The fraction of sp³-hybridized carbons (Fsp3) is 0.372. The molecule has 0 spiro atoms. The number of Topliss-reactive ketones (excluding diaryl/α,β-unsaturated/α-hetero) is 1. The summed E-state index contributed by atoms with van der Waals surface area (Å²) in [5.41, 5.74) is 6.02. The number of rotatable bonds is 13. The molecule has 6 rings (SSSR count). The van der Waals surface area contributed by atoms with Gasteiger partial charge in [-0.15, -0.1) is 15.3 Å². The molecule has 0 saturated carbocycles. The van der Waals surface area contributed by atoms with Gasteiger partial charge in [-0.2, -0.15) is 13.4 Å². The summed E-state index contributed by atoms with van der Waals surface area (Å²) in [5.74, 6) is 0.792. The molecule has 2 N–H and O–H groups in total. The molecular formula is C43H53CuN9O6S. The standard InChI is InChI=1S/C22H26N4O3.C21H27N5O3S.Cu/c1-6-26(7-2)15-9-11-16(18(27)13-15)24-25-21-23-17-10-8-14(12-19(17)29-21)20(28)22(3,4)5;1-6-26(7-2)16-9-11-18(20(13-16)30(27,28)29)23-24-21-22-17-10-8-15(14(3)4)12-19(17)25(21)5;/h8-13,27H,6-7H2,1-5H3;8-14H,6-7H2,1-5H3,(H,27,28,29);. The maximum atomic E-state index is 12.4. The number of nitrogens with zero attached hydrogens (tertiary/aromatic N) is 9. The van der Waals surface area contributed by atoms with Gasteiger partial charge in [-0.3, -0.25) is 9.35 Å². The summed E-state index contributed by atoms with van der Waals surface area (Å²) in [6.07, 6.45) is 0. The van der Waals surface area contributed by atoms with Crippen molar-refractivity contribution in [3.05, 3.63) is 83.9 Å². The molecule has 6 aromatic rings. The van der Waals surface area contributed by atoms with Gasteiger partial charge in [0.15, 0.2) is 11.4 Å². The van der Waals surface area contributed by atoms with Crippen LogP contribution in [-0.4, -0.2) is 64.6 Å². The first kappa shape index (κ1) is 47.2. The molecule has 4 aromatic carbocycles. The summed E-state index contributed by atoms with van der Waals surface area (Å²) < 4.78 is 41.0. The Bertz CT molecular complexity index is 2620. The average molecular weight is 888 g/mol. The van der Waals surface area contributed by atoms with Gasteiger partial charge in [-0.25, -0.2) is 4.98 Å². The van der Waals surface area contributed by atoms with Crippen molar-refractivity contribution in [1.29, 1.82) is 0 Å². The molecule has 323 valence electrons. The van der Waals surface area contributed by atoms with Gasteiger partial charge in [0.25, 0.3) is 10.1 Å². The van der Waals surface area contributed by atoms with Gasteiger partial charge in [0.2, 0.25) is 5.95 Å². The number of ketones is 1. The predicted molar refractivity (Wildman–Crippen MR) is 232 cm³/mol. The van der Waals surface area contributed by atoms with Crippen LogP contribution in [0, 0.1) is 5.41 Å². The van der Waals surface area contributed by atoms with Crippen LogP contribution in [0.25, 0.3) is 22.1 Å². The third kappa shape index (κ3) is 11.0. The van der Waals surface area contributed by atoms with E-state index in [1.165, 1.54) is 11.6 Å². The number of aryl methyl sites for hydroxylation is 1. The summed E-state index contributed by atoms with van der Waals surface area (Å²) >= 11 is 0. The second-order valence-electron chi connectivity index (χ2n) is 15.2. The Morgan fingerprint density at radius 1 is 0.783 bits per heavy atom. The first-order valence-electron chi connectivity index (χ1n) is 19.6. The number of hydrogen-bond donors (Lipinski definition) is 2.